The number of nitrogens with zero attached hydrogens (tertiary/aromatic N) is 1. The van der Waals surface area contributed by atoms with Crippen LogP contribution in [0.25, 0.3) is 11.0 Å². The fourth-order valence-electron chi connectivity index (χ4n) is 2.26. The largest absolute Gasteiger partial charge is 0.453 e. The van der Waals surface area contributed by atoms with Crippen molar-refractivity contribution in [2.24, 2.45) is 0 Å². The Morgan fingerprint density at radius 1 is 1.23 bits per heavy atom. The Hall–Kier alpha value is -2.78. The van der Waals surface area contributed by atoms with Gasteiger partial charge in [-0.25, -0.2) is 9.78 Å². The summed E-state index contributed by atoms with van der Waals surface area (Å²) in [4.78, 5) is 18.2. The summed E-state index contributed by atoms with van der Waals surface area (Å²) in [5.41, 5.74) is 1.51. The van der Waals surface area contributed by atoms with Gasteiger partial charge in [0.2, 0.25) is 5.95 Å². The molecule has 3 rings (SSSR count). The summed E-state index contributed by atoms with van der Waals surface area (Å²) in [5, 5.41) is 2.68. The minimum Gasteiger partial charge on any atom is -0.453 e. The average molecular weight is 396 g/mol. The first-order chi connectivity index (χ1) is 12.3. The number of benzene rings is 2. The van der Waals surface area contributed by atoms with Crippen LogP contribution in [0.15, 0.2) is 41.3 Å². The highest BCUT2D eigenvalue weighted by Gasteiger charge is 2.20. The zero-order valence-electron chi connectivity index (χ0n) is 13.7. The Morgan fingerprint density at radius 2 is 2.00 bits per heavy atom. The van der Waals surface area contributed by atoms with Crippen molar-refractivity contribution in [3.63, 3.8) is 0 Å². The van der Waals surface area contributed by atoms with Crippen molar-refractivity contribution in [1.29, 1.82) is 0 Å². The van der Waals surface area contributed by atoms with E-state index in [-0.39, 0.29) is 16.6 Å². The molecule has 0 aliphatic heterocycles. The maximum absolute atomic E-state index is 12.5. The number of anilines is 1. The first kappa shape index (κ1) is 18.0. The van der Waals surface area contributed by atoms with Crippen molar-refractivity contribution in [2.75, 3.05) is 12.4 Å². The van der Waals surface area contributed by atoms with Gasteiger partial charge < -0.3 is 13.9 Å². The van der Waals surface area contributed by atoms with Crippen molar-refractivity contribution in [3.8, 4) is 5.75 Å². The maximum atomic E-state index is 12.5. The maximum Gasteiger partial charge on any atom is 0.413 e. The summed E-state index contributed by atoms with van der Waals surface area (Å²) in [6.07, 6.45) is -0.681. The summed E-state index contributed by atoms with van der Waals surface area (Å²) in [5.74, 6) is 0.252. The number of aromatic nitrogens is 2. The number of ether oxygens (including phenoxy) is 1. The van der Waals surface area contributed by atoms with E-state index >= 15 is 0 Å². The van der Waals surface area contributed by atoms with Crippen LogP contribution in [0.2, 0.25) is 5.02 Å². The molecule has 1 heterocycles. The van der Waals surface area contributed by atoms with E-state index < -0.39 is 16.2 Å². The van der Waals surface area contributed by atoms with Crippen LogP contribution in [0.4, 0.5) is 10.7 Å². The van der Waals surface area contributed by atoms with Crippen molar-refractivity contribution >= 4 is 44.8 Å². The molecule has 0 fully saturated rings. The van der Waals surface area contributed by atoms with Gasteiger partial charge in [0.25, 0.3) is 0 Å². The van der Waals surface area contributed by atoms with E-state index in [1.165, 1.54) is 25.3 Å². The van der Waals surface area contributed by atoms with Gasteiger partial charge in [-0.2, -0.15) is 8.42 Å². The molecule has 1 amide bonds. The zero-order valence-corrected chi connectivity index (χ0v) is 15.3. The van der Waals surface area contributed by atoms with Gasteiger partial charge in [0.1, 0.15) is 10.6 Å². The van der Waals surface area contributed by atoms with Crippen LogP contribution in [0, 0.1) is 6.92 Å². The molecular formula is C16H14ClN3O5S. The summed E-state index contributed by atoms with van der Waals surface area (Å²) >= 11 is 5.88. The highest BCUT2D eigenvalue weighted by molar-refractivity contribution is 7.87. The number of rotatable bonds is 4. The minimum atomic E-state index is -4.06. The molecule has 2 aromatic carbocycles. The van der Waals surface area contributed by atoms with E-state index in [4.69, 9.17) is 15.8 Å². The molecule has 0 aliphatic carbocycles. The number of carbonyl (C=O) groups excluding carboxylic acids is 1. The predicted molar refractivity (Wildman–Crippen MR) is 96.1 cm³/mol. The van der Waals surface area contributed by atoms with Crippen LogP contribution in [0.3, 0.4) is 0 Å². The molecule has 3 aromatic rings. The van der Waals surface area contributed by atoms with Gasteiger partial charge in [-0.05, 0) is 36.8 Å². The van der Waals surface area contributed by atoms with Crippen molar-refractivity contribution in [1.82, 2.24) is 9.97 Å². The summed E-state index contributed by atoms with van der Waals surface area (Å²) < 4.78 is 34.7. The predicted octanol–water partition coefficient (Wildman–Crippen LogP) is 3.47. The van der Waals surface area contributed by atoms with Gasteiger partial charge in [0.05, 0.1) is 18.1 Å². The van der Waals surface area contributed by atoms with E-state index in [0.29, 0.717) is 21.6 Å². The Morgan fingerprint density at radius 3 is 2.73 bits per heavy atom. The Balaban J connectivity index is 1.90. The fraction of sp³-hybridized carbons (Fsp3) is 0.125. The molecule has 0 spiro atoms. The van der Waals surface area contributed by atoms with Crippen LogP contribution in [-0.2, 0) is 14.9 Å². The molecule has 26 heavy (non-hydrogen) atoms. The van der Waals surface area contributed by atoms with Gasteiger partial charge in [0, 0.05) is 11.1 Å². The molecule has 10 heteroatoms. The molecule has 2 N–H and O–H groups in total. The third-order valence-electron chi connectivity index (χ3n) is 3.48. The third-order valence-corrected chi connectivity index (χ3v) is 5.11. The molecule has 0 atom stereocenters. The van der Waals surface area contributed by atoms with Gasteiger partial charge in [-0.3, -0.25) is 5.32 Å². The van der Waals surface area contributed by atoms with Crippen molar-refractivity contribution in [3.05, 3.63) is 47.0 Å². The van der Waals surface area contributed by atoms with Crippen LogP contribution < -0.4 is 9.50 Å². The normalized spacial score (nSPS) is 11.3. The molecule has 0 saturated carbocycles. The Labute approximate surface area is 154 Å². The number of aromatic amines is 1. The van der Waals surface area contributed by atoms with Crippen LogP contribution in [-0.4, -0.2) is 31.6 Å². The molecule has 0 bridgehead atoms. The number of aryl methyl sites for hydroxylation is 1. The number of amides is 1. The lowest BCUT2D eigenvalue weighted by molar-refractivity contribution is 0.186. The van der Waals surface area contributed by atoms with Crippen LogP contribution in [0.1, 0.15) is 5.56 Å². The quantitative estimate of drug-likeness (QED) is 0.654. The lowest BCUT2D eigenvalue weighted by Crippen LogP contribution is -2.11. The number of fused-ring (bicyclic) bond motifs is 1. The monoisotopic (exact) mass is 395 g/mol. The standard InChI is InChI=1S/C16H14ClN3O5S/c1-9-3-4-10(17)7-14(9)26(22,23)25-11-5-6-12-13(8-11)19-15(18-12)20-16(21)24-2/h3-8H,1-2H3,(H2,18,19,20,21). The Bertz CT molecular complexity index is 1090. The SMILES string of the molecule is COC(=O)Nc1nc2ccc(OS(=O)(=O)c3cc(Cl)ccc3C)cc2[nH]1. The number of H-pyrrole nitrogens is 1. The Kier molecular flexibility index (Phi) is 4.75. The molecule has 1 aromatic heterocycles. The van der Waals surface area contributed by atoms with Crippen LogP contribution in [0.5, 0.6) is 5.75 Å². The van der Waals surface area contributed by atoms with Gasteiger partial charge >= 0.3 is 16.2 Å². The molecule has 8 nitrogen and oxygen atoms in total. The zero-order chi connectivity index (χ0) is 18.9. The topological polar surface area (TPSA) is 110 Å². The lowest BCUT2D eigenvalue weighted by atomic mass is 10.2. The highest BCUT2D eigenvalue weighted by Crippen LogP contribution is 2.26. The second-order valence-corrected chi connectivity index (χ2v) is 7.28. The second-order valence-electron chi connectivity index (χ2n) is 5.33. The van der Waals surface area contributed by atoms with E-state index in [2.05, 4.69) is 20.0 Å². The molecule has 0 saturated heterocycles. The third kappa shape index (κ3) is 3.73. The number of hydrogen-bond donors (Lipinski definition) is 2. The first-order valence-electron chi connectivity index (χ1n) is 7.34. The van der Waals surface area contributed by atoms with Gasteiger partial charge in [0.15, 0.2) is 0 Å². The molecule has 0 aliphatic rings. The molecule has 136 valence electrons. The number of halogens is 1. The number of imidazole rings is 1. The molecule has 0 unspecified atom stereocenters. The van der Waals surface area contributed by atoms with E-state index in [9.17, 15) is 13.2 Å². The van der Waals surface area contributed by atoms with Crippen molar-refractivity contribution < 1.29 is 22.1 Å². The number of hydrogen-bond acceptors (Lipinski definition) is 6. The smallest absolute Gasteiger partial charge is 0.413 e. The fourth-order valence-corrected chi connectivity index (χ4v) is 3.68. The molecular weight excluding hydrogens is 382 g/mol. The van der Waals surface area contributed by atoms with E-state index in [1.54, 1.807) is 25.1 Å². The minimum absolute atomic E-state index is 0.0113. The second kappa shape index (κ2) is 6.85. The first-order valence-corrected chi connectivity index (χ1v) is 9.12. The van der Waals surface area contributed by atoms with Crippen LogP contribution >= 0.6 is 11.6 Å². The summed E-state index contributed by atoms with van der Waals surface area (Å²) in [7, 11) is -2.83. The number of methoxy groups -OCH3 is 1. The number of carbonyl (C=O) groups is 1. The summed E-state index contributed by atoms with van der Waals surface area (Å²) in [6.45, 7) is 1.65. The van der Waals surface area contributed by atoms with Gasteiger partial charge in [-0.15, -0.1) is 0 Å². The van der Waals surface area contributed by atoms with Gasteiger partial charge in [-0.1, -0.05) is 17.7 Å². The average Bonchev–Trinajstić information content (AvgIpc) is 2.97. The highest BCUT2D eigenvalue weighted by atomic mass is 35.5. The lowest BCUT2D eigenvalue weighted by Gasteiger charge is -2.09. The van der Waals surface area contributed by atoms with E-state index in [1.807, 2.05) is 0 Å². The van der Waals surface area contributed by atoms with E-state index in [0.717, 1.165) is 0 Å². The molecule has 0 radical (unpaired) electrons. The summed E-state index contributed by atoms with van der Waals surface area (Å²) in [6, 6.07) is 9.01. The number of nitrogens with one attached hydrogen (secondary N) is 2. The van der Waals surface area contributed by atoms with Crippen molar-refractivity contribution in [2.45, 2.75) is 11.8 Å².